The van der Waals surface area contributed by atoms with Crippen molar-refractivity contribution >= 4 is 18.3 Å². The Morgan fingerprint density at radius 2 is 2.00 bits per heavy atom. The minimum Gasteiger partial charge on any atom is -0.344 e. The van der Waals surface area contributed by atoms with E-state index in [0.717, 1.165) is 18.7 Å². The second-order valence-electron chi connectivity index (χ2n) is 4.90. The van der Waals surface area contributed by atoms with Crippen molar-refractivity contribution in [2.45, 2.75) is 12.1 Å². The van der Waals surface area contributed by atoms with Crippen LogP contribution in [0.15, 0.2) is 30.3 Å². The lowest BCUT2D eigenvalue weighted by molar-refractivity contribution is 0.0889. The van der Waals surface area contributed by atoms with Crippen molar-refractivity contribution < 1.29 is 4.79 Å². The van der Waals surface area contributed by atoms with Crippen LogP contribution in [0, 0.1) is 0 Å². The quantitative estimate of drug-likeness (QED) is 0.808. The fraction of sp³-hybridized carbons (Fsp3) is 0.308. The van der Waals surface area contributed by atoms with Gasteiger partial charge in [0, 0.05) is 18.7 Å². The fourth-order valence-corrected chi connectivity index (χ4v) is 2.83. The highest BCUT2D eigenvalue weighted by molar-refractivity contribution is 5.99. The van der Waals surface area contributed by atoms with Crippen LogP contribution in [0.2, 0.25) is 0 Å². The first-order valence-corrected chi connectivity index (χ1v) is 6.37. The van der Waals surface area contributed by atoms with E-state index in [1.165, 1.54) is 0 Å². The molecule has 0 radical (unpaired) electrons. The number of benzene rings is 1. The third-order valence-electron chi connectivity index (χ3n) is 3.77. The molecule has 0 aliphatic carbocycles. The summed E-state index contributed by atoms with van der Waals surface area (Å²) in [4.78, 5) is 12.2. The third-order valence-corrected chi connectivity index (χ3v) is 3.77. The van der Waals surface area contributed by atoms with E-state index in [1.807, 2.05) is 30.3 Å². The zero-order chi connectivity index (χ0) is 12.8. The molecule has 3 heterocycles. The Morgan fingerprint density at radius 1 is 1.20 bits per heavy atom. The number of aromatic nitrogens is 3. The van der Waals surface area contributed by atoms with Crippen molar-refractivity contribution in [2.75, 3.05) is 13.1 Å². The topological polar surface area (TPSA) is 71.8 Å². The zero-order valence-electron chi connectivity index (χ0n) is 10.6. The first-order valence-electron chi connectivity index (χ1n) is 6.37. The molecule has 1 saturated heterocycles. The molecule has 1 amide bonds. The highest BCUT2D eigenvalue weighted by Crippen LogP contribution is 2.28. The first kappa shape index (κ1) is 13.1. The largest absolute Gasteiger partial charge is 0.344 e. The van der Waals surface area contributed by atoms with Crippen LogP contribution in [0.25, 0.3) is 11.3 Å². The summed E-state index contributed by atoms with van der Waals surface area (Å²) in [6.45, 7) is 1.60. The molecule has 2 atom stereocenters. The number of amides is 1. The minimum atomic E-state index is -0.0891. The SMILES string of the molecule is Cl.O=C1N[C@@H]2CNC[C@@H]2n2nnc(-c3ccccc3)c21. The number of nitrogens with zero attached hydrogens (tertiary/aromatic N) is 3. The van der Waals surface area contributed by atoms with Gasteiger partial charge in [0.05, 0.1) is 12.1 Å². The average molecular weight is 292 g/mol. The van der Waals surface area contributed by atoms with Crippen molar-refractivity contribution in [1.82, 2.24) is 25.6 Å². The molecule has 2 aliphatic rings. The average Bonchev–Trinajstić information content (AvgIpc) is 3.05. The summed E-state index contributed by atoms with van der Waals surface area (Å²) in [5, 5.41) is 14.7. The lowest BCUT2D eigenvalue weighted by Crippen LogP contribution is -2.47. The predicted octanol–water partition coefficient (Wildman–Crippen LogP) is 0.623. The number of carbonyl (C=O) groups excluding carboxylic acids is 1. The van der Waals surface area contributed by atoms with Crippen LogP contribution in [0.4, 0.5) is 0 Å². The molecule has 6 nitrogen and oxygen atoms in total. The van der Waals surface area contributed by atoms with Gasteiger partial charge in [0.1, 0.15) is 5.69 Å². The molecule has 1 fully saturated rings. The summed E-state index contributed by atoms with van der Waals surface area (Å²) in [5.41, 5.74) is 2.14. The maximum atomic E-state index is 12.2. The van der Waals surface area contributed by atoms with Crippen LogP contribution < -0.4 is 10.6 Å². The van der Waals surface area contributed by atoms with Crippen molar-refractivity contribution in [2.24, 2.45) is 0 Å². The molecule has 7 heteroatoms. The number of halogens is 1. The lowest BCUT2D eigenvalue weighted by atomic mass is 10.1. The van der Waals surface area contributed by atoms with E-state index in [-0.39, 0.29) is 30.4 Å². The van der Waals surface area contributed by atoms with Gasteiger partial charge in [-0.3, -0.25) is 4.79 Å². The molecule has 2 aliphatic heterocycles. The molecule has 0 spiro atoms. The van der Waals surface area contributed by atoms with Crippen LogP contribution in [0.1, 0.15) is 16.5 Å². The molecule has 2 aromatic rings. The van der Waals surface area contributed by atoms with E-state index in [9.17, 15) is 4.79 Å². The van der Waals surface area contributed by atoms with Crippen LogP contribution in [-0.4, -0.2) is 40.0 Å². The molecular formula is C13H14ClN5O. The molecular weight excluding hydrogens is 278 g/mol. The Labute approximate surface area is 122 Å². The molecule has 20 heavy (non-hydrogen) atoms. The Kier molecular flexibility index (Phi) is 3.19. The van der Waals surface area contributed by atoms with E-state index in [0.29, 0.717) is 11.4 Å². The van der Waals surface area contributed by atoms with Crippen LogP contribution in [0.3, 0.4) is 0 Å². The van der Waals surface area contributed by atoms with Gasteiger partial charge in [0.15, 0.2) is 5.69 Å². The van der Waals surface area contributed by atoms with Gasteiger partial charge in [-0.15, -0.1) is 17.5 Å². The van der Waals surface area contributed by atoms with Gasteiger partial charge in [0.25, 0.3) is 5.91 Å². The number of hydrogen-bond donors (Lipinski definition) is 2. The maximum absolute atomic E-state index is 12.2. The molecule has 104 valence electrons. The van der Waals surface area contributed by atoms with Gasteiger partial charge in [-0.2, -0.15) is 0 Å². The van der Waals surface area contributed by atoms with Crippen molar-refractivity contribution in [3.8, 4) is 11.3 Å². The highest BCUT2D eigenvalue weighted by Gasteiger charge is 2.39. The molecule has 2 N–H and O–H groups in total. The summed E-state index contributed by atoms with van der Waals surface area (Å²) in [6, 6.07) is 9.97. The first-order chi connectivity index (χ1) is 9.34. The van der Waals surface area contributed by atoms with Gasteiger partial charge in [0.2, 0.25) is 0 Å². The molecule has 0 saturated carbocycles. The van der Waals surface area contributed by atoms with Gasteiger partial charge >= 0.3 is 0 Å². The Morgan fingerprint density at radius 3 is 2.80 bits per heavy atom. The second-order valence-corrected chi connectivity index (χ2v) is 4.90. The summed E-state index contributed by atoms with van der Waals surface area (Å²) in [5.74, 6) is -0.0891. The van der Waals surface area contributed by atoms with Crippen molar-refractivity contribution in [3.05, 3.63) is 36.0 Å². The van der Waals surface area contributed by atoms with Gasteiger partial charge in [-0.05, 0) is 0 Å². The van der Waals surface area contributed by atoms with Gasteiger partial charge in [-0.25, -0.2) is 4.68 Å². The molecule has 4 rings (SSSR count). The van der Waals surface area contributed by atoms with E-state index in [4.69, 9.17) is 0 Å². The number of fused-ring (bicyclic) bond motifs is 3. The Bertz CT molecular complexity index is 641. The third kappa shape index (κ3) is 1.80. The fourth-order valence-electron chi connectivity index (χ4n) is 2.83. The maximum Gasteiger partial charge on any atom is 0.272 e. The number of nitrogens with one attached hydrogen (secondary N) is 2. The zero-order valence-corrected chi connectivity index (χ0v) is 11.4. The number of hydrogen-bond acceptors (Lipinski definition) is 4. The van der Waals surface area contributed by atoms with Crippen LogP contribution in [0.5, 0.6) is 0 Å². The summed E-state index contributed by atoms with van der Waals surface area (Å²) in [7, 11) is 0. The van der Waals surface area contributed by atoms with Gasteiger partial charge in [-0.1, -0.05) is 35.5 Å². The summed E-state index contributed by atoms with van der Waals surface area (Å²) in [6.07, 6.45) is 0. The second kappa shape index (κ2) is 4.88. The molecule has 0 unspecified atom stereocenters. The smallest absolute Gasteiger partial charge is 0.272 e. The highest BCUT2D eigenvalue weighted by atomic mass is 35.5. The van der Waals surface area contributed by atoms with E-state index >= 15 is 0 Å². The Hall–Kier alpha value is -1.92. The van der Waals surface area contributed by atoms with Gasteiger partial charge < -0.3 is 10.6 Å². The molecule has 0 bridgehead atoms. The van der Waals surface area contributed by atoms with Crippen LogP contribution >= 0.6 is 12.4 Å². The monoisotopic (exact) mass is 291 g/mol. The number of carbonyl (C=O) groups is 1. The van der Waals surface area contributed by atoms with Crippen molar-refractivity contribution in [1.29, 1.82) is 0 Å². The molecule has 1 aromatic carbocycles. The van der Waals surface area contributed by atoms with E-state index in [2.05, 4.69) is 20.9 Å². The number of rotatable bonds is 1. The van der Waals surface area contributed by atoms with Crippen molar-refractivity contribution in [3.63, 3.8) is 0 Å². The lowest BCUT2D eigenvalue weighted by Gasteiger charge is -2.26. The molecule has 1 aromatic heterocycles. The van der Waals surface area contributed by atoms with Crippen LogP contribution in [-0.2, 0) is 0 Å². The predicted molar refractivity (Wildman–Crippen MR) is 75.9 cm³/mol. The normalized spacial score (nSPS) is 23.5. The van der Waals surface area contributed by atoms with E-state index < -0.39 is 0 Å². The minimum absolute atomic E-state index is 0. The standard InChI is InChI=1S/C13H13N5O.ClH/c19-13-12-11(8-4-2-1-3-5-8)16-17-18(12)10-7-14-6-9(10)15-13;/h1-5,9-10,14H,6-7H2,(H,15,19);1H/t9-,10+;/m1./s1. The Balaban J connectivity index is 0.00000121. The summed E-state index contributed by atoms with van der Waals surface area (Å²) < 4.78 is 1.77. The summed E-state index contributed by atoms with van der Waals surface area (Å²) >= 11 is 0. The van der Waals surface area contributed by atoms with E-state index in [1.54, 1.807) is 4.68 Å².